The van der Waals surface area contributed by atoms with Crippen molar-refractivity contribution in [3.05, 3.63) is 11.6 Å². The SMILES string of the molecule is C/C=C(\CC)CCCCOCC1CC1. The minimum Gasteiger partial charge on any atom is -0.381 e. The minimum absolute atomic E-state index is 0.914. The topological polar surface area (TPSA) is 9.23 Å². The Morgan fingerprint density at radius 3 is 2.71 bits per heavy atom. The summed E-state index contributed by atoms with van der Waals surface area (Å²) in [5.41, 5.74) is 1.59. The van der Waals surface area contributed by atoms with Gasteiger partial charge in [-0.2, -0.15) is 0 Å². The van der Waals surface area contributed by atoms with Crippen LogP contribution in [0.4, 0.5) is 0 Å². The second-order valence-electron chi connectivity index (χ2n) is 4.28. The van der Waals surface area contributed by atoms with Gasteiger partial charge in [0.05, 0.1) is 0 Å². The molecule has 1 aliphatic rings. The fourth-order valence-electron chi connectivity index (χ4n) is 1.62. The lowest BCUT2D eigenvalue weighted by atomic mass is 10.1. The van der Waals surface area contributed by atoms with E-state index in [1.54, 1.807) is 5.57 Å². The van der Waals surface area contributed by atoms with E-state index in [1.807, 2.05) is 0 Å². The summed E-state index contributed by atoms with van der Waals surface area (Å²) in [7, 11) is 0. The van der Waals surface area contributed by atoms with Gasteiger partial charge in [0.2, 0.25) is 0 Å². The molecule has 0 spiro atoms. The number of hydrogen-bond donors (Lipinski definition) is 0. The normalized spacial score (nSPS) is 17.4. The Labute approximate surface area is 88.5 Å². The first-order chi connectivity index (χ1) is 6.86. The van der Waals surface area contributed by atoms with Crippen molar-refractivity contribution >= 4 is 0 Å². The predicted octanol–water partition coefficient (Wildman–Crippen LogP) is 3.94. The quantitative estimate of drug-likeness (QED) is 0.422. The van der Waals surface area contributed by atoms with Crippen LogP contribution >= 0.6 is 0 Å². The molecule has 0 heterocycles. The molecule has 14 heavy (non-hydrogen) atoms. The number of ether oxygens (including phenoxy) is 1. The standard InChI is InChI=1S/C13H24O/c1-3-12(4-2)7-5-6-10-14-11-13-8-9-13/h3,13H,4-11H2,1-2H3/b12-3+. The maximum Gasteiger partial charge on any atom is 0.0494 e. The minimum atomic E-state index is 0.914. The van der Waals surface area contributed by atoms with Gasteiger partial charge >= 0.3 is 0 Å². The molecule has 0 bridgehead atoms. The maximum atomic E-state index is 5.59. The van der Waals surface area contributed by atoms with Crippen LogP contribution in [0.5, 0.6) is 0 Å². The summed E-state index contributed by atoms with van der Waals surface area (Å²) in [6.45, 7) is 6.36. The van der Waals surface area contributed by atoms with Crippen molar-refractivity contribution in [3.8, 4) is 0 Å². The van der Waals surface area contributed by atoms with Crippen molar-refractivity contribution < 1.29 is 4.74 Å². The Morgan fingerprint density at radius 2 is 2.14 bits per heavy atom. The van der Waals surface area contributed by atoms with Crippen molar-refractivity contribution in [1.29, 1.82) is 0 Å². The molecule has 0 aromatic carbocycles. The van der Waals surface area contributed by atoms with Gasteiger partial charge in [0.15, 0.2) is 0 Å². The summed E-state index contributed by atoms with van der Waals surface area (Å²) in [4.78, 5) is 0. The van der Waals surface area contributed by atoms with Gasteiger partial charge in [0, 0.05) is 13.2 Å². The Bertz CT molecular complexity index is 168. The van der Waals surface area contributed by atoms with Crippen LogP contribution in [0.1, 0.15) is 52.4 Å². The van der Waals surface area contributed by atoms with Gasteiger partial charge in [-0.25, -0.2) is 0 Å². The monoisotopic (exact) mass is 196 g/mol. The third-order valence-corrected chi connectivity index (χ3v) is 2.95. The van der Waals surface area contributed by atoms with Crippen molar-refractivity contribution in [2.75, 3.05) is 13.2 Å². The lowest BCUT2D eigenvalue weighted by molar-refractivity contribution is 0.121. The molecule has 1 rings (SSSR count). The molecule has 0 aliphatic heterocycles. The number of hydrogen-bond acceptors (Lipinski definition) is 1. The second kappa shape index (κ2) is 7.05. The van der Waals surface area contributed by atoms with Crippen LogP contribution in [-0.4, -0.2) is 13.2 Å². The lowest BCUT2D eigenvalue weighted by Crippen LogP contribution is -1.98. The van der Waals surface area contributed by atoms with Crippen LogP contribution in [0.3, 0.4) is 0 Å². The highest BCUT2D eigenvalue weighted by Crippen LogP contribution is 2.28. The molecule has 1 nitrogen and oxygen atoms in total. The van der Waals surface area contributed by atoms with Crippen LogP contribution in [-0.2, 0) is 4.74 Å². The van der Waals surface area contributed by atoms with E-state index in [1.165, 1.54) is 38.5 Å². The lowest BCUT2D eigenvalue weighted by Gasteiger charge is -2.04. The molecule has 0 radical (unpaired) electrons. The van der Waals surface area contributed by atoms with E-state index >= 15 is 0 Å². The molecule has 0 N–H and O–H groups in total. The van der Waals surface area contributed by atoms with Crippen molar-refractivity contribution in [2.24, 2.45) is 5.92 Å². The number of allylic oxidation sites excluding steroid dienone is 2. The third-order valence-electron chi connectivity index (χ3n) is 2.95. The summed E-state index contributed by atoms with van der Waals surface area (Å²) in [5, 5.41) is 0. The van der Waals surface area contributed by atoms with E-state index in [-0.39, 0.29) is 0 Å². The largest absolute Gasteiger partial charge is 0.381 e. The third kappa shape index (κ3) is 5.43. The molecular formula is C13H24O. The molecule has 0 atom stereocenters. The van der Waals surface area contributed by atoms with Crippen LogP contribution in [0.2, 0.25) is 0 Å². The van der Waals surface area contributed by atoms with E-state index in [4.69, 9.17) is 4.74 Å². The van der Waals surface area contributed by atoms with E-state index < -0.39 is 0 Å². The highest BCUT2D eigenvalue weighted by atomic mass is 16.5. The first-order valence-electron chi connectivity index (χ1n) is 6.08. The Morgan fingerprint density at radius 1 is 1.36 bits per heavy atom. The van der Waals surface area contributed by atoms with Gasteiger partial charge in [0.1, 0.15) is 0 Å². The Kier molecular flexibility index (Phi) is 5.93. The Balaban J connectivity index is 1.82. The molecular weight excluding hydrogens is 172 g/mol. The summed E-state index contributed by atoms with van der Waals surface area (Å²) in [5.74, 6) is 0.914. The zero-order valence-electron chi connectivity index (χ0n) is 9.72. The van der Waals surface area contributed by atoms with E-state index in [0.717, 1.165) is 19.1 Å². The first kappa shape index (κ1) is 11.8. The maximum absolute atomic E-state index is 5.59. The molecule has 1 aliphatic carbocycles. The molecule has 1 heteroatoms. The van der Waals surface area contributed by atoms with Crippen LogP contribution in [0.25, 0.3) is 0 Å². The fourth-order valence-corrected chi connectivity index (χ4v) is 1.62. The molecule has 1 fully saturated rings. The van der Waals surface area contributed by atoms with E-state index in [0.29, 0.717) is 0 Å². The Hall–Kier alpha value is -0.300. The van der Waals surface area contributed by atoms with Gasteiger partial charge in [-0.15, -0.1) is 0 Å². The average Bonchev–Trinajstić information content (AvgIpc) is 3.01. The van der Waals surface area contributed by atoms with Gasteiger partial charge in [-0.1, -0.05) is 18.6 Å². The smallest absolute Gasteiger partial charge is 0.0494 e. The number of unbranched alkanes of at least 4 members (excludes halogenated alkanes) is 1. The first-order valence-corrected chi connectivity index (χ1v) is 6.08. The fraction of sp³-hybridized carbons (Fsp3) is 0.846. The van der Waals surface area contributed by atoms with Gasteiger partial charge in [-0.05, 0) is 51.4 Å². The molecule has 1 saturated carbocycles. The highest BCUT2D eigenvalue weighted by molar-refractivity contribution is 4.98. The van der Waals surface area contributed by atoms with E-state index in [2.05, 4.69) is 19.9 Å². The summed E-state index contributed by atoms with van der Waals surface area (Å²) in [6.07, 6.45) is 10.0. The second-order valence-corrected chi connectivity index (χ2v) is 4.28. The van der Waals surface area contributed by atoms with Crippen LogP contribution in [0.15, 0.2) is 11.6 Å². The number of rotatable bonds is 8. The van der Waals surface area contributed by atoms with Crippen molar-refractivity contribution in [1.82, 2.24) is 0 Å². The molecule has 82 valence electrons. The van der Waals surface area contributed by atoms with Crippen molar-refractivity contribution in [2.45, 2.75) is 52.4 Å². The van der Waals surface area contributed by atoms with Crippen LogP contribution in [0, 0.1) is 5.92 Å². The van der Waals surface area contributed by atoms with Gasteiger partial charge in [-0.3, -0.25) is 0 Å². The van der Waals surface area contributed by atoms with Gasteiger partial charge in [0.25, 0.3) is 0 Å². The summed E-state index contributed by atoms with van der Waals surface area (Å²) < 4.78 is 5.59. The molecule has 0 unspecified atom stereocenters. The van der Waals surface area contributed by atoms with Crippen molar-refractivity contribution in [3.63, 3.8) is 0 Å². The molecule has 0 aromatic rings. The van der Waals surface area contributed by atoms with Crippen LogP contribution < -0.4 is 0 Å². The van der Waals surface area contributed by atoms with Gasteiger partial charge < -0.3 is 4.74 Å². The predicted molar refractivity (Wildman–Crippen MR) is 61.4 cm³/mol. The molecule has 0 amide bonds. The average molecular weight is 196 g/mol. The highest BCUT2D eigenvalue weighted by Gasteiger charge is 2.20. The molecule has 0 saturated heterocycles. The molecule has 0 aromatic heterocycles. The summed E-state index contributed by atoms with van der Waals surface area (Å²) >= 11 is 0. The van der Waals surface area contributed by atoms with E-state index in [9.17, 15) is 0 Å². The zero-order chi connectivity index (χ0) is 10.2. The zero-order valence-corrected chi connectivity index (χ0v) is 9.72. The summed E-state index contributed by atoms with van der Waals surface area (Å²) in [6, 6.07) is 0.